The second-order valence-electron chi connectivity index (χ2n) is 4.52. The first-order valence-corrected chi connectivity index (χ1v) is 5.23. The predicted molar refractivity (Wildman–Crippen MR) is 58.5 cm³/mol. The van der Waals surface area contributed by atoms with Crippen LogP contribution < -0.4 is 0 Å². The summed E-state index contributed by atoms with van der Waals surface area (Å²) in [5, 5.41) is 9.05. The molecule has 82 valence electrons. The minimum absolute atomic E-state index is 0.189. The van der Waals surface area contributed by atoms with Gasteiger partial charge in [-0.15, -0.1) is 0 Å². The van der Waals surface area contributed by atoms with E-state index in [0.717, 1.165) is 5.56 Å². The van der Waals surface area contributed by atoms with E-state index in [9.17, 15) is 4.79 Å². The standard InChI is InChI=1S/C13H13NO2/c1-13(2)11(9-6-4-3-5-7-9)10(8-14)12(15)16-13/h3-7,10-11H,1-2H3/t10-,11-/m0/s1. The highest BCUT2D eigenvalue weighted by molar-refractivity contribution is 5.80. The number of benzene rings is 1. The third kappa shape index (κ3) is 1.57. The largest absolute Gasteiger partial charge is 0.458 e. The van der Waals surface area contributed by atoms with Gasteiger partial charge in [0.1, 0.15) is 5.60 Å². The summed E-state index contributed by atoms with van der Waals surface area (Å²) in [6, 6.07) is 11.6. The van der Waals surface area contributed by atoms with Crippen LogP contribution in [0.2, 0.25) is 0 Å². The van der Waals surface area contributed by atoms with Crippen LogP contribution in [0.15, 0.2) is 30.3 Å². The van der Waals surface area contributed by atoms with Crippen molar-refractivity contribution in [2.24, 2.45) is 5.92 Å². The number of carbonyl (C=O) groups excluding carboxylic acids is 1. The number of esters is 1. The molecule has 0 bridgehead atoms. The van der Waals surface area contributed by atoms with Gasteiger partial charge in [-0.25, -0.2) is 0 Å². The van der Waals surface area contributed by atoms with Gasteiger partial charge in [-0.05, 0) is 19.4 Å². The molecule has 1 aromatic carbocycles. The lowest BCUT2D eigenvalue weighted by Gasteiger charge is -2.25. The molecule has 0 amide bonds. The van der Waals surface area contributed by atoms with E-state index in [-0.39, 0.29) is 5.92 Å². The van der Waals surface area contributed by atoms with Crippen LogP contribution in [0.25, 0.3) is 0 Å². The molecule has 0 radical (unpaired) electrons. The summed E-state index contributed by atoms with van der Waals surface area (Å²) in [4.78, 5) is 11.6. The molecule has 1 fully saturated rings. The molecule has 0 N–H and O–H groups in total. The highest BCUT2D eigenvalue weighted by Gasteiger charge is 2.50. The zero-order chi connectivity index (χ0) is 11.8. The van der Waals surface area contributed by atoms with Gasteiger partial charge in [-0.2, -0.15) is 5.26 Å². The minimum atomic E-state index is -0.697. The number of nitrogens with zero attached hydrogens (tertiary/aromatic N) is 1. The molecule has 3 heteroatoms. The zero-order valence-corrected chi connectivity index (χ0v) is 9.31. The predicted octanol–water partition coefficient (Wildman–Crippen LogP) is 2.25. The van der Waals surface area contributed by atoms with Crippen LogP contribution in [0.3, 0.4) is 0 Å². The van der Waals surface area contributed by atoms with Gasteiger partial charge in [-0.3, -0.25) is 4.79 Å². The number of carbonyl (C=O) groups is 1. The maximum Gasteiger partial charge on any atom is 0.324 e. The first-order valence-electron chi connectivity index (χ1n) is 5.23. The topological polar surface area (TPSA) is 50.1 Å². The monoisotopic (exact) mass is 215 g/mol. The van der Waals surface area contributed by atoms with Crippen molar-refractivity contribution in [2.75, 3.05) is 0 Å². The number of nitriles is 1. The van der Waals surface area contributed by atoms with E-state index in [0.29, 0.717) is 0 Å². The Balaban J connectivity index is 2.46. The van der Waals surface area contributed by atoms with Crippen molar-refractivity contribution in [3.8, 4) is 6.07 Å². The Hall–Kier alpha value is -1.82. The smallest absolute Gasteiger partial charge is 0.324 e. The number of rotatable bonds is 1. The first-order chi connectivity index (χ1) is 7.56. The second-order valence-corrected chi connectivity index (χ2v) is 4.52. The molecule has 1 aliphatic rings. The van der Waals surface area contributed by atoms with Crippen molar-refractivity contribution < 1.29 is 9.53 Å². The Morgan fingerprint density at radius 1 is 1.31 bits per heavy atom. The van der Waals surface area contributed by atoms with Crippen molar-refractivity contribution in [1.82, 2.24) is 0 Å². The van der Waals surface area contributed by atoms with Crippen LogP contribution in [-0.2, 0) is 9.53 Å². The molecule has 1 saturated heterocycles. The average Bonchev–Trinajstić information content (AvgIpc) is 2.48. The van der Waals surface area contributed by atoms with E-state index in [1.165, 1.54) is 0 Å². The fourth-order valence-electron chi connectivity index (χ4n) is 2.31. The Labute approximate surface area is 94.6 Å². The van der Waals surface area contributed by atoms with Crippen molar-refractivity contribution in [1.29, 1.82) is 5.26 Å². The normalized spacial score (nSPS) is 27.2. The summed E-state index contributed by atoms with van der Waals surface area (Å²) in [5.74, 6) is -1.30. The van der Waals surface area contributed by atoms with Gasteiger partial charge in [0.05, 0.1) is 6.07 Å². The molecule has 2 rings (SSSR count). The molecule has 1 aliphatic heterocycles. The molecular formula is C13H13NO2. The third-order valence-corrected chi connectivity index (χ3v) is 3.00. The molecule has 1 heterocycles. The fourth-order valence-corrected chi connectivity index (χ4v) is 2.31. The van der Waals surface area contributed by atoms with Gasteiger partial charge < -0.3 is 4.74 Å². The molecule has 0 saturated carbocycles. The highest BCUT2D eigenvalue weighted by atomic mass is 16.6. The van der Waals surface area contributed by atoms with Crippen LogP contribution in [0.1, 0.15) is 25.3 Å². The summed E-state index contributed by atoms with van der Waals surface area (Å²) in [5.41, 5.74) is 0.364. The lowest BCUT2D eigenvalue weighted by molar-refractivity contribution is -0.147. The lowest BCUT2D eigenvalue weighted by Crippen LogP contribution is -2.27. The quantitative estimate of drug-likeness (QED) is 0.675. The number of ether oxygens (including phenoxy) is 1. The van der Waals surface area contributed by atoms with E-state index < -0.39 is 17.5 Å². The molecule has 0 aliphatic carbocycles. The second kappa shape index (κ2) is 3.64. The Bertz CT molecular complexity index is 445. The molecule has 0 spiro atoms. The number of hydrogen-bond donors (Lipinski definition) is 0. The van der Waals surface area contributed by atoms with Gasteiger partial charge >= 0.3 is 5.97 Å². The number of cyclic esters (lactones) is 1. The van der Waals surface area contributed by atoms with E-state index in [2.05, 4.69) is 0 Å². The summed E-state index contributed by atoms with van der Waals surface area (Å²) in [6.45, 7) is 3.69. The molecule has 0 unspecified atom stereocenters. The number of hydrogen-bond acceptors (Lipinski definition) is 3. The lowest BCUT2D eigenvalue weighted by atomic mass is 9.79. The molecule has 1 aromatic rings. The van der Waals surface area contributed by atoms with Crippen LogP contribution in [-0.4, -0.2) is 11.6 Å². The molecule has 16 heavy (non-hydrogen) atoms. The Kier molecular flexibility index (Phi) is 2.43. The Morgan fingerprint density at radius 2 is 1.94 bits per heavy atom. The third-order valence-electron chi connectivity index (χ3n) is 3.00. The van der Waals surface area contributed by atoms with E-state index in [1.54, 1.807) is 0 Å². The summed E-state index contributed by atoms with van der Waals surface area (Å²) in [7, 11) is 0. The van der Waals surface area contributed by atoms with Crippen LogP contribution in [0, 0.1) is 17.2 Å². The van der Waals surface area contributed by atoms with Crippen LogP contribution in [0.4, 0.5) is 0 Å². The average molecular weight is 215 g/mol. The van der Waals surface area contributed by atoms with E-state index in [4.69, 9.17) is 10.00 Å². The van der Waals surface area contributed by atoms with Gasteiger partial charge in [0.2, 0.25) is 0 Å². The fraction of sp³-hybridized carbons (Fsp3) is 0.385. The van der Waals surface area contributed by atoms with Crippen molar-refractivity contribution >= 4 is 5.97 Å². The molecule has 0 aromatic heterocycles. The van der Waals surface area contributed by atoms with Crippen LogP contribution in [0.5, 0.6) is 0 Å². The summed E-state index contributed by atoms with van der Waals surface area (Å²) < 4.78 is 5.26. The SMILES string of the molecule is CC1(C)OC(=O)[C@@H](C#N)[C@@H]1c1ccccc1. The maximum atomic E-state index is 11.6. The summed E-state index contributed by atoms with van der Waals surface area (Å²) in [6.07, 6.45) is 0. The van der Waals surface area contributed by atoms with Crippen molar-refractivity contribution in [2.45, 2.75) is 25.4 Å². The van der Waals surface area contributed by atoms with Gasteiger partial charge in [-0.1, -0.05) is 30.3 Å². The van der Waals surface area contributed by atoms with Crippen molar-refractivity contribution in [3.05, 3.63) is 35.9 Å². The maximum absolute atomic E-state index is 11.6. The van der Waals surface area contributed by atoms with Gasteiger partial charge in [0.25, 0.3) is 0 Å². The molecule has 2 atom stereocenters. The Morgan fingerprint density at radius 3 is 2.50 bits per heavy atom. The highest BCUT2D eigenvalue weighted by Crippen LogP contribution is 2.43. The summed E-state index contributed by atoms with van der Waals surface area (Å²) >= 11 is 0. The van der Waals surface area contributed by atoms with Gasteiger partial charge in [0.15, 0.2) is 5.92 Å². The molecular weight excluding hydrogens is 202 g/mol. The van der Waals surface area contributed by atoms with E-state index in [1.807, 2.05) is 50.2 Å². The molecule has 3 nitrogen and oxygen atoms in total. The van der Waals surface area contributed by atoms with Crippen molar-refractivity contribution in [3.63, 3.8) is 0 Å². The van der Waals surface area contributed by atoms with Gasteiger partial charge in [0, 0.05) is 5.92 Å². The van der Waals surface area contributed by atoms with Crippen LogP contribution >= 0.6 is 0 Å². The minimum Gasteiger partial charge on any atom is -0.458 e. The zero-order valence-electron chi connectivity index (χ0n) is 9.31. The first kappa shape index (κ1) is 10.7. The van der Waals surface area contributed by atoms with E-state index >= 15 is 0 Å².